The maximum Gasteiger partial charge on any atom is 0.182 e. The lowest BCUT2D eigenvalue weighted by atomic mass is 9.91. The van der Waals surface area contributed by atoms with Crippen molar-refractivity contribution >= 4 is 11.0 Å². The first-order chi connectivity index (χ1) is 11.7. The summed E-state index contributed by atoms with van der Waals surface area (Å²) >= 11 is 0. The van der Waals surface area contributed by atoms with Gasteiger partial charge in [-0.1, -0.05) is 43.3 Å². The summed E-state index contributed by atoms with van der Waals surface area (Å²) in [5, 5.41) is 1.08. The molecule has 1 aliphatic carbocycles. The molecule has 118 valence electrons. The predicted molar refractivity (Wildman–Crippen MR) is 98.7 cm³/mol. The molecular formula is C22H18O2. The van der Waals surface area contributed by atoms with Gasteiger partial charge in [-0.3, -0.25) is 4.79 Å². The molecule has 0 aromatic heterocycles. The molecule has 0 N–H and O–H groups in total. The maximum atomic E-state index is 11.8. The monoisotopic (exact) mass is 314 g/mol. The summed E-state index contributed by atoms with van der Waals surface area (Å²) in [6.07, 6.45) is 0.949. The topological polar surface area (TPSA) is 30.2 Å². The Morgan fingerprint density at radius 1 is 0.917 bits per heavy atom. The third kappa shape index (κ3) is 2.31. The van der Waals surface area contributed by atoms with E-state index in [0.717, 1.165) is 28.5 Å². The first kappa shape index (κ1) is 14.7. The number of hydrogen-bond acceptors (Lipinski definition) is 2. The lowest BCUT2D eigenvalue weighted by Crippen LogP contribution is -2.00. The van der Waals surface area contributed by atoms with Gasteiger partial charge in [0, 0.05) is 22.6 Å². The molecule has 24 heavy (non-hydrogen) atoms. The van der Waals surface area contributed by atoms with E-state index < -0.39 is 0 Å². The molecule has 0 radical (unpaired) electrons. The molecule has 1 heterocycles. The smallest absolute Gasteiger partial charge is 0.182 e. The van der Waals surface area contributed by atoms with E-state index in [0.29, 0.717) is 5.76 Å². The average molecular weight is 314 g/mol. The van der Waals surface area contributed by atoms with Crippen molar-refractivity contribution < 1.29 is 4.42 Å². The Bertz CT molecular complexity index is 1070. The first-order valence-corrected chi connectivity index (χ1v) is 8.23. The molecular weight excluding hydrogens is 296 g/mol. The second kappa shape index (κ2) is 5.64. The van der Waals surface area contributed by atoms with Gasteiger partial charge in [-0.05, 0) is 48.2 Å². The fourth-order valence-electron chi connectivity index (χ4n) is 3.28. The van der Waals surface area contributed by atoms with Crippen LogP contribution in [0.25, 0.3) is 33.4 Å². The van der Waals surface area contributed by atoms with E-state index in [1.807, 2.05) is 18.2 Å². The van der Waals surface area contributed by atoms with Gasteiger partial charge in [0.15, 0.2) is 5.43 Å². The van der Waals surface area contributed by atoms with Crippen LogP contribution in [-0.2, 0) is 6.42 Å². The maximum absolute atomic E-state index is 11.8. The minimum absolute atomic E-state index is 0.0343. The minimum atomic E-state index is -0.0343. The first-order valence-electron chi connectivity index (χ1n) is 8.23. The Balaban J connectivity index is 2.19. The largest absolute Gasteiger partial charge is 0.456 e. The second-order valence-electron chi connectivity index (χ2n) is 6.13. The summed E-state index contributed by atoms with van der Waals surface area (Å²) in [5.41, 5.74) is 6.49. The van der Waals surface area contributed by atoms with Crippen LogP contribution in [0.2, 0.25) is 0 Å². The SMILES string of the molecule is CCc1ccc2c(-c3ccccc3C)c3ccc(=O)cc-3oc2c1. The predicted octanol–water partition coefficient (Wildman–Crippen LogP) is 5.44. The van der Waals surface area contributed by atoms with Gasteiger partial charge in [-0.25, -0.2) is 0 Å². The van der Waals surface area contributed by atoms with E-state index in [9.17, 15) is 4.79 Å². The van der Waals surface area contributed by atoms with Gasteiger partial charge in [0.2, 0.25) is 0 Å². The Kier molecular flexibility index (Phi) is 3.46. The highest BCUT2D eigenvalue weighted by Gasteiger charge is 2.18. The van der Waals surface area contributed by atoms with E-state index >= 15 is 0 Å². The summed E-state index contributed by atoms with van der Waals surface area (Å²) in [5.74, 6) is 0.640. The number of fused-ring (bicyclic) bond motifs is 2. The number of benzene rings is 3. The standard InChI is InChI=1S/C22H18O2/c1-3-15-8-10-18-20(12-15)24-21-13-16(23)9-11-19(21)22(18)17-7-5-4-6-14(17)2/h4-13H,3H2,1-2H3. The molecule has 0 atom stereocenters. The van der Waals surface area contributed by atoms with Crippen LogP contribution in [0.3, 0.4) is 0 Å². The van der Waals surface area contributed by atoms with E-state index in [-0.39, 0.29) is 5.43 Å². The second-order valence-corrected chi connectivity index (χ2v) is 6.13. The normalized spacial score (nSPS) is 11.2. The van der Waals surface area contributed by atoms with Crippen LogP contribution in [0.15, 0.2) is 69.9 Å². The van der Waals surface area contributed by atoms with Gasteiger partial charge in [-0.15, -0.1) is 0 Å². The zero-order chi connectivity index (χ0) is 16.7. The molecule has 0 fully saturated rings. The molecule has 2 aliphatic rings. The van der Waals surface area contributed by atoms with E-state index in [2.05, 4.69) is 44.2 Å². The van der Waals surface area contributed by atoms with Crippen molar-refractivity contribution in [3.8, 4) is 22.5 Å². The minimum Gasteiger partial charge on any atom is -0.456 e. The summed E-state index contributed by atoms with van der Waals surface area (Å²) in [6, 6.07) is 19.7. The number of hydrogen-bond donors (Lipinski definition) is 0. The van der Waals surface area contributed by atoms with Gasteiger partial charge in [0.25, 0.3) is 0 Å². The summed E-state index contributed by atoms with van der Waals surface area (Å²) in [6.45, 7) is 4.24. The third-order valence-electron chi connectivity index (χ3n) is 4.58. The summed E-state index contributed by atoms with van der Waals surface area (Å²) in [4.78, 5) is 11.8. The van der Waals surface area contributed by atoms with Crippen LogP contribution < -0.4 is 5.43 Å². The van der Waals surface area contributed by atoms with Gasteiger partial charge in [0.1, 0.15) is 11.3 Å². The van der Waals surface area contributed by atoms with Crippen molar-refractivity contribution in [2.45, 2.75) is 20.3 Å². The Morgan fingerprint density at radius 2 is 1.75 bits per heavy atom. The summed E-state index contributed by atoms with van der Waals surface area (Å²) in [7, 11) is 0. The zero-order valence-corrected chi connectivity index (χ0v) is 13.8. The molecule has 2 aromatic carbocycles. The molecule has 0 spiro atoms. The quantitative estimate of drug-likeness (QED) is 0.461. The van der Waals surface area contributed by atoms with E-state index in [1.54, 1.807) is 12.1 Å². The van der Waals surface area contributed by atoms with Crippen LogP contribution in [-0.4, -0.2) is 0 Å². The van der Waals surface area contributed by atoms with Gasteiger partial charge < -0.3 is 4.42 Å². The molecule has 2 nitrogen and oxygen atoms in total. The van der Waals surface area contributed by atoms with Crippen molar-refractivity contribution in [1.82, 2.24) is 0 Å². The van der Waals surface area contributed by atoms with Crippen molar-refractivity contribution in [3.63, 3.8) is 0 Å². The highest BCUT2D eigenvalue weighted by atomic mass is 16.3. The number of rotatable bonds is 2. The lowest BCUT2D eigenvalue weighted by Gasteiger charge is -2.17. The molecule has 0 saturated carbocycles. The highest BCUT2D eigenvalue weighted by molar-refractivity contribution is 6.02. The fourth-order valence-corrected chi connectivity index (χ4v) is 3.28. The van der Waals surface area contributed by atoms with E-state index in [4.69, 9.17) is 4.42 Å². The van der Waals surface area contributed by atoms with Gasteiger partial charge >= 0.3 is 0 Å². The zero-order valence-electron chi connectivity index (χ0n) is 13.8. The van der Waals surface area contributed by atoms with Gasteiger partial charge in [0.05, 0.1) is 0 Å². The van der Waals surface area contributed by atoms with Crippen molar-refractivity contribution in [2.24, 2.45) is 0 Å². The molecule has 1 aliphatic heterocycles. The number of aryl methyl sites for hydroxylation is 2. The molecule has 0 unspecified atom stereocenters. The van der Waals surface area contributed by atoms with Crippen LogP contribution in [0.1, 0.15) is 18.1 Å². The molecule has 0 bridgehead atoms. The molecule has 2 aromatic rings. The van der Waals surface area contributed by atoms with Crippen molar-refractivity contribution in [3.05, 3.63) is 82.0 Å². The van der Waals surface area contributed by atoms with E-state index in [1.165, 1.54) is 16.7 Å². The fraction of sp³-hybridized carbons (Fsp3) is 0.136. The molecule has 2 heteroatoms. The van der Waals surface area contributed by atoms with Crippen molar-refractivity contribution in [2.75, 3.05) is 0 Å². The molecule has 0 amide bonds. The Hall–Kier alpha value is -2.87. The Labute approximate surface area is 140 Å². The lowest BCUT2D eigenvalue weighted by molar-refractivity contribution is 0.619. The molecule has 0 saturated heterocycles. The van der Waals surface area contributed by atoms with Crippen LogP contribution in [0.4, 0.5) is 0 Å². The molecule has 4 rings (SSSR count). The summed E-state index contributed by atoms with van der Waals surface area (Å²) < 4.78 is 6.07. The Morgan fingerprint density at radius 3 is 2.54 bits per heavy atom. The van der Waals surface area contributed by atoms with Gasteiger partial charge in [-0.2, -0.15) is 0 Å². The third-order valence-corrected chi connectivity index (χ3v) is 4.58. The average Bonchev–Trinajstić information content (AvgIpc) is 2.59. The van der Waals surface area contributed by atoms with Crippen LogP contribution in [0.5, 0.6) is 0 Å². The van der Waals surface area contributed by atoms with Crippen molar-refractivity contribution in [1.29, 1.82) is 0 Å². The van der Waals surface area contributed by atoms with Crippen LogP contribution in [0, 0.1) is 6.92 Å². The highest BCUT2D eigenvalue weighted by Crippen LogP contribution is 2.40. The van der Waals surface area contributed by atoms with Crippen LogP contribution >= 0.6 is 0 Å².